The average Bonchev–Trinajstić information content (AvgIpc) is 2.54. The second-order valence-corrected chi connectivity index (χ2v) is 6.00. The van der Waals surface area contributed by atoms with Gasteiger partial charge in [-0.1, -0.05) is 29.8 Å². The number of pyridine rings is 1. The van der Waals surface area contributed by atoms with Crippen LogP contribution in [0.15, 0.2) is 42.6 Å². The Balaban J connectivity index is 2.03. The summed E-state index contributed by atoms with van der Waals surface area (Å²) in [6, 6.07) is 10.7. The number of esters is 1. The summed E-state index contributed by atoms with van der Waals surface area (Å²) in [5.41, 5.74) is 1.92. The van der Waals surface area contributed by atoms with E-state index in [1.165, 1.54) is 13.3 Å². The number of hydrogen-bond donors (Lipinski definition) is 2. The Morgan fingerprint density at radius 2 is 1.92 bits per heavy atom. The molecule has 0 unspecified atom stereocenters. The molecule has 0 aliphatic rings. The van der Waals surface area contributed by atoms with Gasteiger partial charge in [0.1, 0.15) is 5.82 Å². The topological polar surface area (TPSA) is 80.3 Å². The van der Waals surface area contributed by atoms with E-state index in [1.54, 1.807) is 12.1 Å². The molecular formula is C18H21N3O3. The summed E-state index contributed by atoms with van der Waals surface area (Å²) >= 11 is 0. The monoisotopic (exact) mass is 327 g/mol. The molecule has 2 rings (SSSR count). The van der Waals surface area contributed by atoms with Gasteiger partial charge in [0.05, 0.1) is 18.2 Å². The maximum absolute atomic E-state index is 12.2. The molecule has 0 radical (unpaired) electrons. The average molecular weight is 327 g/mol. The van der Waals surface area contributed by atoms with Crippen molar-refractivity contribution in [2.45, 2.75) is 26.3 Å². The van der Waals surface area contributed by atoms with E-state index in [0.717, 1.165) is 11.1 Å². The number of benzene rings is 1. The number of carbonyl (C=O) groups is 2. The Morgan fingerprint density at radius 1 is 1.17 bits per heavy atom. The number of anilines is 1. The Labute approximate surface area is 141 Å². The molecule has 2 N–H and O–H groups in total. The molecule has 2 amide bonds. The second-order valence-electron chi connectivity index (χ2n) is 6.00. The van der Waals surface area contributed by atoms with E-state index in [2.05, 4.69) is 20.4 Å². The molecule has 0 saturated carbocycles. The van der Waals surface area contributed by atoms with Crippen LogP contribution in [-0.4, -0.2) is 24.1 Å². The van der Waals surface area contributed by atoms with Gasteiger partial charge >= 0.3 is 12.0 Å². The Morgan fingerprint density at radius 3 is 2.50 bits per heavy atom. The summed E-state index contributed by atoms with van der Waals surface area (Å²) in [7, 11) is 1.30. The minimum absolute atomic E-state index is 0.323. The molecule has 1 aromatic heterocycles. The molecule has 1 aromatic carbocycles. The number of hydrogen-bond acceptors (Lipinski definition) is 4. The molecule has 0 atom stereocenters. The van der Waals surface area contributed by atoms with Crippen LogP contribution >= 0.6 is 0 Å². The molecule has 126 valence electrons. The molecule has 0 bridgehead atoms. The zero-order chi connectivity index (χ0) is 17.7. The molecule has 0 saturated heterocycles. The first-order chi connectivity index (χ1) is 11.3. The molecule has 6 heteroatoms. The van der Waals surface area contributed by atoms with Gasteiger partial charge in [0.2, 0.25) is 0 Å². The van der Waals surface area contributed by atoms with Crippen molar-refractivity contribution < 1.29 is 14.3 Å². The molecule has 1 heterocycles. The minimum Gasteiger partial charge on any atom is -0.465 e. The van der Waals surface area contributed by atoms with Crippen LogP contribution in [0, 0.1) is 6.92 Å². The Hall–Kier alpha value is -2.89. The van der Waals surface area contributed by atoms with Gasteiger partial charge < -0.3 is 10.1 Å². The van der Waals surface area contributed by atoms with E-state index >= 15 is 0 Å². The summed E-state index contributed by atoms with van der Waals surface area (Å²) in [5.74, 6) is -0.126. The van der Waals surface area contributed by atoms with E-state index in [1.807, 2.05) is 45.0 Å². The maximum atomic E-state index is 12.2. The van der Waals surface area contributed by atoms with Crippen molar-refractivity contribution in [2.24, 2.45) is 0 Å². The van der Waals surface area contributed by atoms with Crippen LogP contribution in [0.4, 0.5) is 10.6 Å². The van der Waals surface area contributed by atoms with E-state index in [9.17, 15) is 9.59 Å². The normalized spacial score (nSPS) is 10.8. The van der Waals surface area contributed by atoms with Crippen molar-refractivity contribution in [3.05, 3.63) is 59.3 Å². The van der Waals surface area contributed by atoms with Crippen molar-refractivity contribution in [1.29, 1.82) is 0 Å². The predicted molar refractivity (Wildman–Crippen MR) is 91.9 cm³/mol. The highest BCUT2D eigenvalue weighted by Gasteiger charge is 2.23. The largest absolute Gasteiger partial charge is 0.465 e. The van der Waals surface area contributed by atoms with Gasteiger partial charge in [-0.05, 0) is 38.5 Å². The van der Waals surface area contributed by atoms with Crippen LogP contribution < -0.4 is 10.6 Å². The molecule has 6 nitrogen and oxygen atoms in total. The van der Waals surface area contributed by atoms with Crippen molar-refractivity contribution >= 4 is 17.8 Å². The number of carbonyl (C=O) groups excluding carboxylic acids is 2. The summed E-state index contributed by atoms with van der Waals surface area (Å²) < 4.78 is 4.60. The van der Waals surface area contributed by atoms with E-state index in [-0.39, 0.29) is 6.03 Å². The van der Waals surface area contributed by atoms with Crippen LogP contribution in [0.1, 0.15) is 35.3 Å². The number of aryl methyl sites for hydroxylation is 1. The lowest BCUT2D eigenvalue weighted by Gasteiger charge is -2.27. The molecule has 0 aliphatic heterocycles. The van der Waals surface area contributed by atoms with Crippen molar-refractivity contribution in [1.82, 2.24) is 10.3 Å². The van der Waals surface area contributed by atoms with Gasteiger partial charge in [0.25, 0.3) is 0 Å². The highest BCUT2D eigenvalue weighted by Crippen LogP contribution is 2.21. The Kier molecular flexibility index (Phi) is 5.18. The summed E-state index contributed by atoms with van der Waals surface area (Å²) in [4.78, 5) is 27.6. The predicted octanol–water partition coefficient (Wildman–Crippen LogP) is 3.23. The second kappa shape index (κ2) is 7.12. The molecule has 24 heavy (non-hydrogen) atoms. The lowest BCUT2D eigenvalue weighted by atomic mass is 9.93. The first kappa shape index (κ1) is 17.5. The van der Waals surface area contributed by atoms with Crippen LogP contribution in [0.3, 0.4) is 0 Å². The molecule has 0 fully saturated rings. The molecule has 0 aliphatic carbocycles. The number of nitrogens with zero attached hydrogens (tertiary/aromatic N) is 1. The van der Waals surface area contributed by atoms with Crippen LogP contribution in [-0.2, 0) is 10.3 Å². The van der Waals surface area contributed by atoms with Crippen molar-refractivity contribution in [3.63, 3.8) is 0 Å². The van der Waals surface area contributed by atoms with Crippen molar-refractivity contribution in [3.8, 4) is 0 Å². The third kappa shape index (κ3) is 4.32. The summed E-state index contributed by atoms with van der Waals surface area (Å²) in [6.07, 6.45) is 1.35. The van der Waals surface area contributed by atoms with Crippen LogP contribution in [0.25, 0.3) is 0 Å². The number of rotatable bonds is 4. The van der Waals surface area contributed by atoms with Gasteiger partial charge in [-0.15, -0.1) is 0 Å². The third-order valence-corrected chi connectivity index (χ3v) is 3.59. The smallest absolute Gasteiger partial charge is 0.339 e. The highest BCUT2D eigenvalue weighted by atomic mass is 16.5. The standard InChI is InChI=1S/C18H21N3O3/c1-12-6-5-7-14(10-12)18(2,3)21-17(23)20-15-9-8-13(11-19-15)16(22)24-4/h5-11H,1-4H3,(H2,19,20,21,23). The first-order valence-corrected chi connectivity index (χ1v) is 7.52. The fraction of sp³-hybridized carbons (Fsp3) is 0.278. The number of urea groups is 1. The summed E-state index contributed by atoms with van der Waals surface area (Å²) in [6.45, 7) is 5.86. The van der Waals surface area contributed by atoms with Gasteiger partial charge in [-0.2, -0.15) is 0 Å². The van der Waals surface area contributed by atoms with E-state index < -0.39 is 11.5 Å². The van der Waals surface area contributed by atoms with E-state index in [4.69, 9.17) is 0 Å². The van der Waals surface area contributed by atoms with Crippen molar-refractivity contribution in [2.75, 3.05) is 12.4 Å². The number of aromatic nitrogens is 1. The Bertz CT molecular complexity index is 739. The number of nitrogens with one attached hydrogen (secondary N) is 2. The zero-order valence-corrected chi connectivity index (χ0v) is 14.2. The van der Waals surface area contributed by atoms with Gasteiger partial charge in [-0.3, -0.25) is 5.32 Å². The van der Waals surface area contributed by atoms with Gasteiger partial charge in [0, 0.05) is 6.20 Å². The fourth-order valence-corrected chi connectivity index (χ4v) is 2.24. The van der Waals surface area contributed by atoms with Crippen LogP contribution in [0.2, 0.25) is 0 Å². The number of methoxy groups -OCH3 is 1. The quantitative estimate of drug-likeness (QED) is 0.845. The fourth-order valence-electron chi connectivity index (χ4n) is 2.24. The molecule has 2 aromatic rings. The number of amides is 2. The summed E-state index contributed by atoms with van der Waals surface area (Å²) in [5, 5.41) is 5.57. The third-order valence-electron chi connectivity index (χ3n) is 3.59. The lowest BCUT2D eigenvalue weighted by Crippen LogP contribution is -2.43. The van der Waals surface area contributed by atoms with Crippen LogP contribution in [0.5, 0.6) is 0 Å². The number of ether oxygens (including phenoxy) is 1. The molecular weight excluding hydrogens is 306 g/mol. The van der Waals surface area contributed by atoms with Gasteiger partial charge in [0.15, 0.2) is 0 Å². The van der Waals surface area contributed by atoms with Gasteiger partial charge in [-0.25, -0.2) is 14.6 Å². The lowest BCUT2D eigenvalue weighted by molar-refractivity contribution is 0.0600. The first-order valence-electron chi connectivity index (χ1n) is 7.52. The zero-order valence-electron chi connectivity index (χ0n) is 14.2. The van der Waals surface area contributed by atoms with E-state index in [0.29, 0.717) is 11.4 Å². The molecule has 0 spiro atoms. The highest BCUT2D eigenvalue weighted by molar-refractivity contribution is 5.91. The maximum Gasteiger partial charge on any atom is 0.339 e. The SMILES string of the molecule is COC(=O)c1ccc(NC(=O)NC(C)(C)c2cccc(C)c2)nc1. The minimum atomic E-state index is -0.540.